The molecular formula is C13H11N5O2. The third-order valence-corrected chi connectivity index (χ3v) is 2.84. The topological polar surface area (TPSA) is 107 Å². The molecule has 1 aromatic carbocycles. The van der Waals surface area contributed by atoms with Crippen LogP contribution in [-0.4, -0.2) is 27.0 Å². The summed E-state index contributed by atoms with van der Waals surface area (Å²) in [6, 6.07) is 7.17. The van der Waals surface area contributed by atoms with Crippen molar-refractivity contribution in [1.29, 1.82) is 0 Å². The summed E-state index contributed by atoms with van der Waals surface area (Å²) in [6.45, 7) is 0. The normalized spacial score (nSPS) is 10.7. The van der Waals surface area contributed by atoms with E-state index in [1.807, 2.05) is 0 Å². The number of methoxy groups -OCH3 is 1. The zero-order chi connectivity index (χ0) is 14.1. The monoisotopic (exact) mass is 269 g/mol. The van der Waals surface area contributed by atoms with Crippen LogP contribution in [0.2, 0.25) is 0 Å². The number of fused-ring (bicyclic) bond motifs is 1. The van der Waals surface area contributed by atoms with Gasteiger partial charge in [-0.1, -0.05) is 0 Å². The first-order chi connectivity index (χ1) is 9.67. The minimum atomic E-state index is -0.305. The van der Waals surface area contributed by atoms with Gasteiger partial charge in [0, 0.05) is 11.8 Å². The molecule has 3 N–H and O–H groups in total. The average Bonchev–Trinajstić information content (AvgIpc) is 2.46. The number of hydrogen-bond donors (Lipinski definition) is 2. The van der Waals surface area contributed by atoms with Gasteiger partial charge in [-0.05, 0) is 24.3 Å². The van der Waals surface area contributed by atoms with E-state index in [9.17, 15) is 4.79 Å². The zero-order valence-electron chi connectivity index (χ0n) is 10.6. The Morgan fingerprint density at radius 2 is 1.95 bits per heavy atom. The molecule has 20 heavy (non-hydrogen) atoms. The number of hydrogen-bond acceptors (Lipinski definition) is 6. The number of ether oxygens (including phenoxy) is 1. The quantitative estimate of drug-likeness (QED) is 0.718. The lowest BCUT2D eigenvalue weighted by molar-refractivity contribution is 0.415. The highest BCUT2D eigenvalue weighted by atomic mass is 16.5. The van der Waals surface area contributed by atoms with Crippen molar-refractivity contribution in [3.05, 3.63) is 40.8 Å². The third-order valence-electron chi connectivity index (χ3n) is 2.84. The molecule has 0 fully saturated rings. The summed E-state index contributed by atoms with van der Waals surface area (Å²) in [5.74, 6) is 1.22. The van der Waals surface area contributed by atoms with Crippen LogP contribution in [0.25, 0.3) is 22.4 Å². The maximum atomic E-state index is 12.0. The lowest BCUT2D eigenvalue weighted by Crippen LogP contribution is -2.11. The molecule has 0 aliphatic rings. The van der Waals surface area contributed by atoms with Gasteiger partial charge in [-0.3, -0.25) is 4.79 Å². The van der Waals surface area contributed by atoms with Gasteiger partial charge < -0.3 is 15.5 Å². The van der Waals surface area contributed by atoms with E-state index < -0.39 is 0 Å². The number of nitrogens with one attached hydrogen (secondary N) is 1. The van der Waals surface area contributed by atoms with Crippen molar-refractivity contribution in [1.82, 2.24) is 19.9 Å². The summed E-state index contributed by atoms with van der Waals surface area (Å²) in [4.78, 5) is 26.7. The number of nitrogens with two attached hydrogens (primary N) is 1. The molecule has 0 radical (unpaired) electrons. The Morgan fingerprint density at radius 1 is 1.20 bits per heavy atom. The predicted molar refractivity (Wildman–Crippen MR) is 74.4 cm³/mol. The van der Waals surface area contributed by atoms with E-state index in [1.165, 1.54) is 6.20 Å². The molecule has 2 heterocycles. The maximum Gasteiger partial charge on any atom is 0.262 e. The second-order valence-corrected chi connectivity index (χ2v) is 4.11. The Bertz CT molecular complexity index is 826. The van der Waals surface area contributed by atoms with Crippen molar-refractivity contribution in [2.75, 3.05) is 12.8 Å². The fourth-order valence-electron chi connectivity index (χ4n) is 1.83. The van der Waals surface area contributed by atoms with Gasteiger partial charge in [0.15, 0.2) is 5.65 Å². The lowest BCUT2D eigenvalue weighted by atomic mass is 10.2. The number of nitrogen functional groups attached to an aromatic ring is 1. The average molecular weight is 269 g/mol. The molecule has 7 heteroatoms. The number of aromatic nitrogens is 4. The highest BCUT2D eigenvalue weighted by molar-refractivity contribution is 5.75. The van der Waals surface area contributed by atoms with E-state index in [2.05, 4.69) is 19.9 Å². The Labute approximate surface area is 113 Å². The number of aromatic amines is 1. The number of anilines is 1. The first-order valence-electron chi connectivity index (χ1n) is 5.84. The lowest BCUT2D eigenvalue weighted by Gasteiger charge is -2.04. The van der Waals surface area contributed by atoms with Crippen molar-refractivity contribution in [3.8, 4) is 17.1 Å². The molecule has 0 unspecified atom stereocenters. The van der Waals surface area contributed by atoms with Gasteiger partial charge in [0.05, 0.1) is 7.11 Å². The molecule has 0 spiro atoms. The molecule has 0 amide bonds. The molecule has 100 valence electrons. The summed E-state index contributed by atoms with van der Waals surface area (Å²) in [5, 5.41) is 0.302. The van der Waals surface area contributed by atoms with Gasteiger partial charge in [-0.2, -0.15) is 4.98 Å². The molecular weight excluding hydrogens is 258 g/mol. The molecule has 2 aromatic heterocycles. The van der Waals surface area contributed by atoms with Gasteiger partial charge in [0.1, 0.15) is 17.0 Å². The molecule has 7 nitrogen and oxygen atoms in total. The van der Waals surface area contributed by atoms with Crippen molar-refractivity contribution in [3.63, 3.8) is 0 Å². The minimum Gasteiger partial charge on any atom is -0.497 e. The van der Waals surface area contributed by atoms with Crippen LogP contribution < -0.4 is 16.0 Å². The number of H-pyrrole nitrogens is 1. The largest absolute Gasteiger partial charge is 0.497 e. The van der Waals surface area contributed by atoms with Crippen LogP contribution in [0.15, 0.2) is 35.3 Å². The minimum absolute atomic E-state index is 0.0799. The smallest absolute Gasteiger partial charge is 0.262 e. The maximum absolute atomic E-state index is 12.0. The first kappa shape index (κ1) is 12.1. The van der Waals surface area contributed by atoms with E-state index in [0.717, 1.165) is 11.3 Å². The number of benzene rings is 1. The Hall–Kier alpha value is -2.96. The summed E-state index contributed by atoms with van der Waals surface area (Å²) < 4.78 is 5.09. The number of nitrogens with zero attached hydrogens (tertiary/aromatic N) is 3. The van der Waals surface area contributed by atoms with Crippen molar-refractivity contribution in [2.45, 2.75) is 0 Å². The second kappa shape index (κ2) is 4.61. The molecule has 0 saturated carbocycles. The Kier molecular flexibility index (Phi) is 2.79. The molecule has 0 bridgehead atoms. The van der Waals surface area contributed by atoms with Crippen LogP contribution >= 0.6 is 0 Å². The van der Waals surface area contributed by atoms with Crippen molar-refractivity contribution >= 4 is 17.0 Å². The Morgan fingerprint density at radius 3 is 2.65 bits per heavy atom. The summed E-state index contributed by atoms with van der Waals surface area (Å²) >= 11 is 0. The highest BCUT2D eigenvalue weighted by Crippen LogP contribution is 2.19. The van der Waals surface area contributed by atoms with Gasteiger partial charge in [-0.25, -0.2) is 9.97 Å². The van der Waals surface area contributed by atoms with Crippen LogP contribution in [0, 0.1) is 0 Å². The molecule has 0 atom stereocenters. The van der Waals surface area contributed by atoms with Gasteiger partial charge in [0.2, 0.25) is 5.95 Å². The van der Waals surface area contributed by atoms with Crippen LogP contribution in [0.5, 0.6) is 5.75 Å². The van der Waals surface area contributed by atoms with E-state index in [4.69, 9.17) is 10.5 Å². The second-order valence-electron chi connectivity index (χ2n) is 4.11. The van der Waals surface area contributed by atoms with Gasteiger partial charge >= 0.3 is 0 Å². The van der Waals surface area contributed by atoms with E-state index in [1.54, 1.807) is 31.4 Å². The number of rotatable bonds is 2. The fraction of sp³-hybridized carbons (Fsp3) is 0.0769. The Balaban J connectivity index is 2.18. The molecule has 0 aliphatic heterocycles. The van der Waals surface area contributed by atoms with Crippen molar-refractivity contribution in [2.24, 2.45) is 0 Å². The van der Waals surface area contributed by atoms with Crippen molar-refractivity contribution < 1.29 is 4.74 Å². The third kappa shape index (κ3) is 2.05. The predicted octanol–water partition coefficient (Wildman–Crippen LogP) is 0.971. The van der Waals surface area contributed by atoms with E-state index in [-0.39, 0.29) is 17.2 Å². The molecule has 0 saturated heterocycles. The molecule has 0 aliphatic carbocycles. The summed E-state index contributed by atoms with van der Waals surface area (Å²) in [5.41, 5.74) is 6.23. The van der Waals surface area contributed by atoms with Crippen LogP contribution in [0.1, 0.15) is 0 Å². The van der Waals surface area contributed by atoms with E-state index >= 15 is 0 Å². The first-order valence-corrected chi connectivity index (χ1v) is 5.84. The van der Waals surface area contributed by atoms with Crippen LogP contribution in [0.4, 0.5) is 5.95 Å². The molecule has 3 rings (SSSR count). The van der Waals surface area contributed by atoms with E-state index in [0.29, 0.717) is 11.2 Å². The standard InChI is InChI=1S/C13H11N5O2/c1-20-8-4-2-7(3-5-8)10-16-11-9(12(19)17-10)6-15-13(14)18-11/h2-6H,1H3,(H3,14,15,16,17,18,19). The van der Waals surface area contributed by atoms with Gasteiger partial charge in [-0.15, -0.1) is 0 Å². The highest BCUT2D eigenvalue weighted by Gasteiger charge is 2.08. The van der Waals surface area contributed by atoms with Gasteiger partial charge in [0.25, 0.3) is 5.56 Å². The summed E-state index contributed by atoms with van der Waals surface area (Å²) in [6.07, 6.45) is 1.36. The molecule has 3 aromatic rings. The van der Waals surface area contributed by atoms with Crippen LogP contribution in [-0.2, 0) is 0 Å². The zero-order valence-corrected chi connectivity index (χ0v) is 10.6. The fourth-order valence-corrected chi connectivity index (χ4v) is 1.83. The SMILES string of the molecule is COc1ccc(-c2nc3nc(N)ncc3c(=O)[nH]2)cc1. The van der Waals surface area contributed by atoms with Crippen LogP contribution in [0.3, 0.4) is 0 Å². The summed E-state index contributed by atoms with van der Waals surface area (Å²) in [7, 11) is 1.59.